The lowest BCUT2D eigenvalue weighted by atomic mass is 10.0. The molecule has 0 saturated carbocycles. The minimum absolute atomic E-state index is 0.195. The van der Waals surface area contributed by atoms with Crippen molar-refractivity contribution in [3.8, 4) is 0 Å². The van der Waals surface area contributed by atoms with E-state index in [2.05, 4.69) is 15.0 Å². The van der Waals surface area contributed by atoms with Gasteiger partial charge in [0.25, 0.3) is 0 Å². The number of amides is 1. The number of halogens is 2. The molecule has 0 bridgehead atoms. The summed E-state index contributed by atoms with van der Waals surface area (Å²) in [6.07, 6.45) is -5.34. The van der Waals surface area contributed by atoms with E-state index in [1.807, 2.05) is 0 Å². The Labute approximate surface area is 174 Å². The average molecular weight is 439 g/mol. The average Bonchev–Trinajstić information content (AvgIpc) is 2.97. The molecule has 10 nitrogen and oxygen atoms in total. The molecule has 1 aromatic heterocycles. The van der Waals surface area contributed by atoms with Crippen molar-refractivity contribution >= 4 is 17.7 Å². The van der Waals surface area contributed by atoms with Crippen LogP contribution in [0.3, 0.4) is 0 Å². The summed E-state index contributed by atoms with van der Waals surface area (Å²) in [7, 11) is 1.21. The number of aliphatic hydroxyl groups excluding tert-OH is 2. The largest absolute Gasteiger partial charge is 0.465 e. The summed E-state index contributed by atoms with van der Waals surface area (Å²) < 4.78 is 38.4. The minimum atomic E-state index is -3.85. The highest BCUT2D eigenvalue weighted by atomic mass is 19.3. The molecule has 3 N–H and O–H groups in total. The SMILES string of the molecule is COC(=O)c1ccccc1CC(=O)Nc1ccn([C@@H]2O[C@H](CO)[C@@H](O)C2(F)F)c(=O)n1. The van der Waals surface area contributed by atoms with Crippen LogP contribution < -0.4 is 11.0 Å². The van der Waals surface area contributed by atoms with Gasteiger partial charge in [-0.15, -0.1) is 0 Å². The Bertz CT molecular complexity index is 1040. The Morgan fingerprint density at radius 1 is 1.32 bits per heavy atom. The number of ether oxygens (including phenoxy) is 2. The highest BCUT2D eigenvalue weighted by Gasteiger charge is 2.59. The van der Waals surface area contributed by atoms with Gasteiger partial charge in [0.15, 0.2) is 6.10 Å². The highest BCUT2D eigenvalue weighted by molar-refractivity contribution is 5.96. The lowest BCUT2D eigenvalue weighted by Crippen LogP contribution is -2.41. The fourth-order valence-electron chi connectivity index (χ4n) is 3.12. The maximum Gasteiger partial charge on any atom is 0.351 e. The molecule has 0 spiro atoms. The number of carbonyl (C=O) groups excluding carboxylic acids is 2. The first-order chi connectivity index (χ1) is 14.7. The number of benzene rings is 1. The summed E-state index contributed by atoms with van der Waals surface area (Å²) in [5.41, 5.74) is -0.590. The van der Waals surface area contributed by atoms with Crippen LogP contribution in [-0.4, -0.2) is 63.5 Å². The summed E-state index contributed by atoms with van der Waals surface area (Å²) in [5.74, 6) is -5.28. The van der Waals surface area contributed by atoms with E-state index in [1.165, 1.54) is 13.2 Å². The van der Waals surface area contributed by atoms with Crippen molar-refractivity contribution in [1.82, 2.24) is 9.55 Å². The van der Waals surface area contributed by atoms with Gasteiger partial charge in [-0.05, 0) is 17.7 Å². The molecule has 1 saturated heterocycles. The van der Waals surface area contributed by atoms with E-state index in [0.29, 0.717) is 10.1 Å². The fraction of sp³-hybridized carbons (Fsp3) is 0.368. The van der Waals surface area contributed by atoms with Crippen LogP contribution in [0.25, 0.3) is 0 Å². The van der Waals surface area contributed by atoms with Crippen molar-refractivity contribution in [1.29, 1.82) is 0 Å². The van der Waals surface area contributed by atoms with E-state index in [9.17, 15) is 28.3 Å². The first kappa shape index (κ1) is 22.5. The fourth-order valence-corrected chi connectivity index (χ4v) is 3.12. The van der Waals surface area contributed by atoms with Crippen molar-refractivity contribution in [3.05, 3.63) is 58.1 Å². The van der Waals surface area contributed by atoms with Gasteiger partial charge in [0.05, 0.1) is 25.7 Å². The van der Waals surface area contributed by atoms with Crippen LogP contribution in [-0.2, 0) is 20.7 Å². The normalized spacial score (nSPS) is 22.2. The molecular weight excluding hydrogens is 420 g/mol. The number of alkyl halides is 2. The monoisotopic (exact) mass is 439 g/mol. The Hall–Kier alpha value is -3.22. The van der Waals surface area contributed by atoms with Gasteiger partial charge in [-0.25, -0.2) is 9.59 Å². The van der Waals surface area contributed by atoms with E-state index < -0.39 is 48.5 Å². The maximum atomic E-state index is 14.2. The second-order valence-electron chi connectivity index (χ2n) is 6.71. The van der Waals surface area contributed by atoms with Gasteiger partial charge in [-0.3, -0.25) is 9.36 Å². The molecule has 3 rings (SSSR count). The first-order valence-electron chi connectivity index (χ1n) is 9.06. The molecule has 1 fully saturated rings. The molecule has 1 amide bonds. The summed E-state index contributed by atoms with van der Waals surface area (Å²) in [4.78, 5) is 39.9. The van der Waals surface area contributed by atoms with Crippen LogP contribution in [0.4, 0.5) is 14.6 Å². The third kappa shape index (κ3) is 4.45. The quantitative estimate of drug-likeness (QED) is 0.539. The Morgan fingerprint density at radius 2 is 2.03 bits per heavy atom. The molecule has 0 radical (unpaired) electrons. The molecule has 2 aromatic rings. The van der Waals surface area contributed by atoms with Gasteiger partial charge in [0.1, 0.15) is 11.9 Å². The second-order valence-corrected chi connectivity index (χ2v) is 6.71. The molecule has 12 heteroatoms. The molecule has 0 unspecified atom stereocenters. The van der Waals surface area contributed by atoms with Crippen molar-refractivity contribution in [2.75, 3.05) is 19.0 Å². The molecule has 31 heavy (non-hydrogen) atoms. The molecule has 2 heterocycles. The van der Waals surface area contributed by atoms with E-state index >= 15 is 0 Å². The van der Waals surface area contributed by atoms with Gasteiger partial charge < -0.3 is 25.0 Å². The van der Waals surface area contributed by atoms with Crippen molar-refractivity contribution < 1.29 is 38.1 Å². The van der Waals surface area contributed by atoms with Crippen LogP contribution in [0.1, 0.15) is 22.1 Å². The molecular formula is C19H19F2N3O7. The van der Waals surface area contributed by atoms with E-state index in [-0.39, 0.29) is 17.8 Å². The minimum Gasteiger partial charge on any atom is -0.465 e. The van der Waals surface area contributed by atoms with Gasteiger partial charge >= 0.3 is 17.6 Å². The number of hydrogen-bond donors (Lipinski definition) is 3. The van der Waals surface area contributed by atoms with E-state index in [1.54, 1.807) is 18.2 Å². The highest BCUT2D eigenvalue weighted by Crippen LogP contribution is 2.41. The number of rotatable bonds is 6. The van der Waals surface area contributed by atoms with E-state index in [0.717, 1.165) is 12.3 Å². The van der Waals surface area contributed by atoms with Crippen molar-refractivity contribution in [2.45, 2.75) is 30.8 Å². The Kier molecular flexibility index (Phi) is 6.43. The summed E-state index contributed by atoms with van der Waals surface area (Å²) in [6, 6.07) is 7.38. The van der Waals surface area contributed by atoms with Crippen molar-refractivity contribution in [3.63, 3.8) is 0 Å². The second kappa shape index (κ2) is 8.88. The van der Waals surface area contributed by atoms with Crippen LogP contribution in [0.5, 0.6) is 0 Å². The van der Waals surface area contributed by atoms with Gasteiger partial charge in [0, 0.05) is 6.20 Å². The number of esters is 1. The number of methoxy groups -OCH3 is 1. The summed E-state index contributed by atoms with van der Waals surface area (Å²) in [6.45, 7) is -0.864. The molecule has 166 valence electrons. The Balaban J connectivity index is 1.75. The third-order valence-corrected chi connectivity index (χ3v) is 4.68. The van der Waals surface area contributed by atoms with Gasteiger partial charge in [-0.1, -0.05) is 18.2 Å². The van der Waals surface area contributed by atoms with Gasteiger partial charge in [0.2, 0.25) is 12.1 Å². The summed E-state index contributed by atoms with van der Waals surface area (Å²) in [5, 5.41) is 21.0. The van der Waals surface area contributed by atoms with Gasteiger partial charge in [-0.2, -0.15) is 13.8 Å². The smallest absolute Gasteiger partial charge is 0.351 e. The number of aromatic nitrogens is 2. The van der Waals surface area contributed by atoms with E-state index in [4.69, 9.17) is 9.84 Å². The molecule has 1 aliphatic rings. The zero-order valence-electron chi connectivity index (χ0n) is 16.2. The molecule has 3 atom stereocenters. The van der Waals surface area contributed by atoms with Crippen LogP contribution in [0.15, 0.2) is 41.3 Å². The third-order valence-electron chi connectivity index (χ3n) is 4.68. The zero-order valence-corrected chi connectivity index (χ0v) is 16.2. The number of aliphatic hydroxyl groups is 2. The number of carbonyl (C=O) groups is 2. The predicted molar refractivity (Wildman–Crippen MR) is 101 cm³/mol. The zero-order chi connectivity index (χ0) is 22.8. The number of nitrogens with one attached hydrogen (secondary N) is 1. The van der Waals surface area contributed by atoms with Crippen molar-refractivity contribution in [2.24, 2.45) is 0 Å². The Morgan fingerprint density at radius 3 is 2.65 bits per heavy atom. The number of nitrogens with zero attached hydrogens (tertiary/aromatic N) is 2. The number of hydrogen-bond acceptors (Lipinski definition) is 8. The lowest BCUT2D eigenvalue weighted by Gasteiger charge is -2.21. The van der Waals surface area contributed by atoms with Crippen LogP contribution >= 0.6 is 0 Å². The molecule has 1 aromatic carbocycles. The number of anilines is 1. The predicted octanol–water partition coefficient (Wildman–Crippen LogP) is 0.0970. The van der Waals surface area contributed by atoms with Crippen LogP contribution in [0.2, 0.25) is 0 Å². The standard InChI is InChI=1S/C19H19F2N3O7/c1-30-16(28)11-5-3-2-4-10(11)8-14(26)22-13-6-7-24(18(29)23-13)17-19(20,21)15(27)12(9-25)31-17/h2-7,12,15,17,25,27H,8-9H2,1H3,(H,22,23,26,29)/t12-,15-,17-/m1/s1. The lowest BCUT2D eigenvalue weighted by molar-refractivity contribution is -0.141. The molecule has 1 aliphatic heterocycles. The summed E-state index contributed by atoms with van der Waals surface area (Å²) >= 11 is 0. The first-order valence-corrected chi connectivity index (χ1v) is 9.06. The van der Waals surface area contributed by atoms with Crippen LogP contribution in [0, 0.1) is 0 Å². The topological polar surface area (TPSA) is 140 Å². The molecule has 0 aliphatic carbocycles. The maximum absolute atomic E-state index is 14.2.